The number of sulfone groups is 1. The smallest absolute Gasteiger partial charge is 0.209 e. The Bertz CT molecular complexity index is 3080. The minimum Gasteiger partial charge on any atom is -0.218 e. The van der Waals surface area contributed by atoms with Crippen LogP contribution in [0.15, 0.2) is 265 Å². The summed E-state index contributed by atoms with van der Waals surface area (Å²) in [6, 6.07) is 85.2. The molecule has 0 aliphatic carbocycles. The van der Waals surface area contributed by atoms with Crippen molar-refractivity contribution in [1.29, 1.82) is 0 Å². The molecule has 0 aliphatic rings. The van der Waals surface area contributed by atoms with Crippen LogP contribution >= 0.6 is 0 Å². The first-order valence-electron chi connectivity index (χ1n) is 21.2. The highest BCUT2D eigenvalue weighted by Crippen LogP contribution is 2.52. The van der Waals surface area contributed by atoms with E-state index in [4.69, 9.17) is 0 Å². The van der Waals surface area contributed by atoms with Gasteiger partial charge in [-0.05, 0) is 66.8 Å². The highest BCUT2D eigenvalue weighted by Gasteiger charge is 2.35. The van der Waals surface area contributed by atoms with Crippen LogP contribution in [0.5, 0.6) is 0 Å². The summed E-state index contributed by atoms with van der Waals surface area (Å²) < 4.78 is 34.5. The fourth-order valence-electron chi connectivity index (χ4n) is 8.92. The van der Waals surface area contributed by atoms with Crippen molar-refractivity contribution in [1.82, 2.24) is 0 Å². The molecule has 0 unspecified atom stereocenters. The maximum atomic E-state index is 17.3. The molecule has 2 nitrogen and oxygen atoms in total. The highest BCUT2D eigenvalue weighted by molar-refractivity contribution is 7.92. The van der Waals surface area contributed by atoms with Crippen LogP contribution in [-0.2, 0) is 9.84 Å². The molecular weight excluding hydrogens is 785 g/mol. The zero-order chi connectivity index (χ0) is 42.6. The van der Waals surface area contributed by atoms with Crippen LogP contribution in [-0.4, -0.2) is 8.42 Å². The minimum atomic E-state index is -4.51. The minimum absolute atomic E-state index is 0.249. The number of hydrogen-bond acceptors (Lipinski definition) is 2. The second-order valence-electron chi connectivity index (χ2n) is 15.5. The molecule has 300 valence electrons. The van der Waals surface area contributed by atoms with E-state index in [0.29, 0.717) is 22.3 Å². The first-order valence-corrected chi connectivity index (χ1v) is 22.7. The monoisotopic (exact) mass is 826 g/mol. The Balaban J connectivity index is 1.41. The molecule has 0 fully saturated rings. The summed E-state index contributed by atoms with van der Waals surface area (Å²) in [5.74, 6) is 0. The van der Waals surface area contributed by atoms with Gasteiger partial charge in [0, 0.05) is 22.3 Å². The van der Waals surface area contributed by atoms with Gasteiger partial charge in [0.1, 0.15) is 0 Å². The van der Waals surface area contributed by atoms with Gasteiger partial charge in [-0.1, -0.05) is 255 Å². The molecule has 0 heterocycles. The first-order chi connectivity index (χ1) is 31.1. The Morgan fingerprint density at radius 2 is 0.413 bits per heavy atom. The van der Waals surface area contributed by atoms with E-state index in [0.717, 1.165) is 66.8 Å². The summed E-state index contributed by atoms with van der Waals surface area (Å²) in [5.41, 5.74) is 13.2. The lowest BCUT2D eigenvalue weighted by Crippen LogP contribution is -2.12. The highest BCUT2D eigenvalue weighted by atomic mass is 32.2. The van der Waals surface area contributed by atoms with Crippen molar-refractivity contribution >= 4 is 9.84 Å². The van der Waals surface area contributed by atoms with E-state index in [1.165, 1.54) is 0 Å². The van der Waals surface area contributed by atoms with Gasteiger partial charge in [0.2, 0.25) is 9.84 Å². The van der Waals surface area contributed by atoms with Gasteiger partial charge in [0.15, 0.2) is 0 Å². The van der Waals surface area contributed by atoms with E-state index in [2.05, 4.69) is 84.9 Å². The normalized spacial score (nSPS) is 11.3. The average Bonchev–Trinajstić information content (AvgIpc) is 3.37. The molecule has 0 atom stereocenters. The molecule has 10 rings (SSSR count). The Labute approximate surface area is 370 Å². The van der Waals surface area contributed by atoms with Gasteiger partial charge in [-0.3, -0.25) is 0 Å². The van der Waals surface area contributed by atoms with Crippen LogP contribution in [0.2, 0.25) is 0 Å². The maximum absolute atomic E-state index is 17.3. The van der Waals surface area contributed by atoms with Gasteiger partial charge in [0.05, 0.1) is 9.79 Å². The Morgan fingerprint density at radius 3 is 0.714 bits per heavy atom. The van der Waals surface area contributed by atoms with E-state index in [1.54, 1.807) is 0 Å². The van der Waals surface area contributed by atoms with Crippen molar-refractivity contribution in [3.8, 4) is 89.0 Å². The second-order valence-corrected chi connectivity index (χ2v) is 17.3. The summed E-state index contributed by atoms with van der Waals surface area (Å²) in [4.78, 5) is 0.499. The third-order valence-electron chi connectivity index (χ3n) is 11.8. The van der Waals surface area contributed by atoms with E-state index >= 15 is 8.42 Å². The van der Waals surface area contributed by atoms with Crippen LogP contribution in [0.4, 0.5) is 0 Å². The molecular formula is C60H42O2S. The molecule has 0 aromatic heterocycles. The van der Waals surface area contributed by atoms with Crippen molar-refractivity contribution in [2.45, 2.75) is 9.79 Å². The van der Waals surface area contributed by atoms with E-state index in [9.17, 15) is 0 Å². The predicted molar refractivity (Wildman–Crippen MR) is 262 cm³/mol. The first kappa shape index (κ1) is 39.3. The third kappa shape index (κ3) is 7.50. The summed E-state index contributed by atoms with van der Waals surface area (Å²) in [6.45, 7) is 0. The van der Waals surface area contributed by atoms with Crippen molar-refractivity contribution < 1.29 is 8.42 Å². The van der Waals surface area contributed by atoms with Gasteiger partial charge in [-0.15, -0.1) is 0 Å². The third-order valence-corrected chi connectivity index (χ3v) is 13.7. The molecule has 0 N–H and O–H groups in total. The molecule has 3 heteroatoms. The van der Waals surface area contributed by atoms with Crippen LogP contribution in [0.3, 0.4) is 0 Å². The van der Waals surface area contributed by atoms with Gasteiger partial charge in [-0.2, -0.15) is 0 Å². The number of rotatable bonds is 10. The fraction of sp³-hybridized carbons (Fsp3) is 0. The molecule has 0 saturated carbocycles. The van der Waals surface area contributed by atoms with Crippen LogP contribution < -0.4 is 0 Å². The molecule has 0 saturated heterocycles. The molecule has 10 aromatic carbocycles. The summed E-state index contributed by atoms with van der Waals surface area (Å²) >= 11 is 0. The number of benzene rings is 10. The van der Waals surface area contributed by atoms with Gasteiger partial charge < -0.3 is 0 Å². The van der Waals surface area contributed by atoms with Crippen LogP contribution in [0, 0.1) is 0 Å². The lowest BCUT2D eigenvalue weighted by molar-refractivity contribution is 0.597. The van der Waals surface area contributed by atoms with Crippen molar-refractivity contribution in [2.75, 3.05) is 0 Å². The zero-order valence-electron chi connectivity index (χ0n) is 34.5. The summed E-state index contributed by atoms with van der Waals surface area (Å²) in [5, 5.41) is 0. The molecule has 0 bridgehead atoms. The lowest BCUT2D eigenvalue weighted by atomic mass is 9.88. The molecule has 0 aliphatic heterocycles. The Morgan fingerprint density at radius 1 is 0.190 bits per heavy atom. The summed E-state index contributed by atoms with van der Waals surface area (Å²) in [6.07, 6.45) is 0. The van der Waals surface area contributed by atoms with Gasteiger partial charge in [0.25, 0.3) is 0 Å². The van der Waals surface area contributed by atoms with Gasteiger partial charge >= 0.3 is 0 Å². The zero-order valence-corrected chi connectivity index (χ0v) is 35.3. The SMILES string of the molecule is O=S(=O)(c1c(-c2ccccc2-c2ccccc2)ccc(-c2ccccc2)c1-c1ccccc1)c1c(-c2ccccc2-c2ccccc2)ccc(-c2ccccc2)c1-c1ccccc1. The lowest BCUT2D eigenvalue weighted by Gasteiger charge is -2.26. The maximum Gasteiger partial charge on any atom is 0.209 e. The molecule has 63 heavy (non-hydrogen) atoms. The summed E-state index contributed by atoms with van der Waals surface area (Å²) in [7, 11) is -4.51. The topological polar surface area (TPSA) is 34.1 Å². The van der Waals surface area contributed by atoms with Crippen molar-refractivity contribution in [3.63, 3.8) is 0 Å². The van der Waals surface area contributed by atoms with Gasteiger partial charge in [-0.25, -0.2) is 8.42 Å². The quantitative estimate of drug-likeness (QED) is 0.138. The molecule has 0 spiro atoms. The van der Waals surface area contributed by atoms with Crippen LogP contribution in [0.25, 0.3) is 89.0 Å². The van der Waals surface area contributed by atoms with Crippen molar-refractivity contribution in [2.24, 2.45) is 0 Å². The Kier molecular flexibility index (Phi) is 10.8. The van der Waals surface area contributed by atoms with E-state index in [-0.39, 0.29) is 9.79 Å². The van der Waals surface area contributed by atoms with E-state index in [1.807, 2.05) is 170 Å². The average molecular weight is 827 g/mol. The molecule has 0 amide bonds. The second kappa shape index (κ2) is 17.3. The Hall–Kier alpha value is -7.85. The van der Waals surface area contributed by atoms with Crippen LogP contribution in [0.1, 0.15) is 0 Å². The number of hydrogen-bond donors (Lipinski definition) is 0. The fourth-order valence-corrected chi connectivity index (χ4v) is 11.1. The van der Waals surface area contributed by atoms with Crippen molar-refractivity contribution in [3.05, 3.63) is 255 Å². The largest absolute Gasteiger partial charge is 0.218 e. The van der Waals surface area contributed by atoms with E-state index < -0.39 is 9.84 Å². The molecule has 0 radical (unpaired) electrons. The molecule has 10 aromatic rings. The predicted octanol–water partition coefficient (Wildman–Crippen LogP) is 15.9. The standard InChI is InChI=1S/C60H42O2S/c61-63(62,59-55(53-37-21-19-35-49(53)43-23-7-1-8-24-43)41-39-51(45-27-11-3-12-28-45)57(59)47-31-15-5-16-32-47)60-56(54-38-22-20-36-50(54)44-25-9-2-10-26-44)42-40-52(46-29-13-4-14-30-46)58(60)48-33-17-6-18-34-48/h1-42H.